The van der Waals surface area contributed by atoms with Gasteiger partial charge in [0.05, 0.1) is 18.6 Å². The quantitative estimate of drug-likeness (QED) is 0.703. The number of aromatic nitrogens is 2. The van der Waals surface area contributed by atoms with Crippen molar-refractivity contribution in [2.24, 2.45) is 7.05 Å². The fourth-order valence-corrected chi connectivity index (χ4v) is 1.39. The highest BCUT2D eigenvalue weighted by atomic mass is 16.5. The molecule has 13 heavy (non-hydrogen) atoms. The summed E-state index contributed by atoms with van der Waals surface area (Å²) in [6, 6.07) is 1.88. The topological polar surface area (TPSA) is 53.1 Å². The fourth-order valence-electron chi connectivity index (χ4n) is 1.39. The molecule has 0 aromatic carbocycles. The van der Waals surface area contributed by atoms with Crippen molar-refractivity contribution < 1.29 is 4.74 Å². The molecule has 2 heterocycles. The molecular weight excluding hydrogens is 166 g/mol. The molecule has 0 radical (unpaired) electrons. The van der Waals surface area contributed by atoms with Crippen molar-refractivity contribution in [1.29, 1.82) is 0 Å². The van der Waals surface area contributed by atoms with E-state index in [0.29, 0.717) is 5.82 Å². The molecule has 0 amide bonds. The number of allylic oxidation sites excluding steroid dienone is 1. The van der Waals surface area contributed by atoms with Crippen LogP contribution in [0.25, 0.3) is 5.57 Å². The van der Waals surface area contributed by atoms with Crippen LogP contribution in [0.4, 0.5) is 5.82 Å². The molecule has 0 unspecified atom stereocenters. The first-order valence-electron chi connectivity index (χ1n) is 4.38. The van der Waals surface area contributed by atoms with E-state index in [0.717, 1.165) is 30.7 Å². The number of ether oxygens (including phenoxy) is 1. The average Bonchev–Trinajstić information content (AvgIpc) is 2.49. The van der Waals surface area contributed by atoms with Crippen molar-refractivity contribution in [3.63, 3.8) is 0 Å². The summed E-state index contributed by atoms with van der Waals surface area (Å²) in [5.41, 5.74) is 7.75. The summed E-state index contributed by atoms with van der Waals surface area (Å²) in [7, 11) is 1.84. The van der Waals surface area contributed by atoms with Crippen LogP contribution >= 0.6 is 0 Å². The lowest BCUT2D eigenvalue weighted by Crippen LogP contribution is -2.00. The third-order valence-electron chi connectivity index (χ3n) is 2.18. The number of nitrogens with zero attached hydrogens (tertiary/aromatic N) is 2. The number of rotatable bonds is 1. The summed E-state index contributed by atoms with van der Waals surface area (Å²) in [5.74, 6) is 0.682. The highest BCUT2D eigenvalue weighted by Crippen LogP contribution is 2.23. The second kappa shape index (κ2) is 3.12. The first kappa shape index (κ1) is 8.16. The van der Waals surface area contributed by atoms with Gasteiger partial charge >= 0.3 is 0 Å². The van der Waals surface area contributed by atoms with Crippen molar-refractivity contribution in [3.8, 4) is 0 Å². The molecular formula is C9H13N3O. The molecule has 0 saturated carbocycles. The highest BCUT2D eigenvalue weighted by Gasteiger charge is 2.10. The molecule has 0 saturated heterocycles. The summed E-state index contributed by atoms with van der Waals surface area (Å²) >= 11 is 0. The third kappa shape index (κ3) is 1.52. The van der Waals surface area contributed by atoms with Crippen molar-refractivity contribution in [3.05, 3.63) is 18.0 Å². The molecule has 4 heteroatoms. The van der Waals surface area contributed by atoms with Crippen molar-refractivity contribution in [1.82, 2.24) is 9.78 Å². The van der Waals surface area contributed by atoms with Crippen molar-refractivity contribution in [2.45, 2.75) is 12.8 Å². The van der Waals surface area contributed by atoms with E-state index >= 15 is 0 Å². The predicted molar refractivity (Wildman–Crippen MR) is 50.8 cm³/mol. The molecule has 0 bridgehead atoms. The maximum Gasteiger partial charge on any atom is 0.121 e. The zero-order valence-electron chi connectivity index (χ0n) is 7.66. The van der Waals surface area contributed by atoms with E-state index in [2.05, 4.69) is 5.10 Å². The molecule has 1 aliphatic heterocycles. The lowest BCUT2D eigenvalue weighted by Gasteiger charge is -2.10. The van der Waals surface area contributed by atoms with Crippen LogP contribution in [0.15, 0.2) is 12.3 Å². The number of nitrogens with two attached hydrogens (primary N) is 1. The minimum absolute atomic E-state index is 0.682. The Balaban J connectivity index is 2.29. The van der Waals surface area contributed by atoms with Gasteiger partial charge in [-0.25, -0.2) is 0 Å². The Morgan fingerprint density at radius 2 is 2.46 bits per heavy atom. The Kier molecular flexibility index (Phi) is 1.96. The second-order valence-electron chi connectivity index (χ2n) is 3.20. The summed E-state index contributed by atoms with van der Waals surface area (Å²) in [6.45, 7) is 0.811. The molecule has 1 aromatic rings. The van der Waals surface area contributed by atoms with Gasteiger partial charge in [0, 0.05) is 18.7 Å². The van der Waals surface area contributed by atoms with Gasteiger partial charge in [-0.05, 0) is 12.8 Å². The van der Waals surface area contributed by atoms with E-state index in [-0.39, 0.29) is 0 Å². The van der Waals surface area contributed by atoms with Gasteiger partial charge < -0.3 is 10.5 Å². The first-order chi connectivity index (χ1) is 6.27. The van der Waals surface area contributed by atoms with E-state index < -0.39 is 0 Å². The highest BCUT2D eigenvalue weighted by molar-refractivity contribution is 5.64. The van der Waals surface area contributed by atoms with Gasteiger partial charge in [0.15, 0.2) is 0 Å². The number of hydrogen-bond acceptors (Lipinski definition) is 3. The summed E-state index contributed by atoms with van der Waals surface area (Å²) < 4.78 is 6.90. The standard InChI is InChI=1S/C9H13N3O/c1-12-9(10)5-8(11-12)7-3-2-4-13-6-7/h5-6H,2-4,10H2,1H3. The largest absolute Gasteiger partial charge is 0.501 e. The predicted octanol–water partition coefficient (Wildman–Crippen LogP) is 1.15. The van der Waals surface area contributed by atoms with Crippen LogP contribution in [0.3, 0.4) is 0 Å². The van der Waals surface area contributed by atoms with Gasteiger partial charge in [0.25, 0.3) is 0 Å². The van der Waals surface area contributed by atoms with Gasteiger partial charge in [0.1, 0.15) is 5.82 Å². The SMILES string of the molecule is Cn1nc(C2=COCCC2)cc1N. The van der Waals surface area contributed by atoms with E-state index in [1.807, 2.05) is 13.1 Å². The molecule has 0 atom stereocenters. The maximum atomic E-state index is 5.68. The smallest absolute Gasteiger partial charge is 0.121 e. The Morgan fingerprint density at radius 3 is 3.00 bits per heavy atom. The fraction of sp³-hybridized carbons (Fsp3) is 0.444. The van der Waals surface area contributed by atoms with Gasteiger partial charge in [-0.2, -0.15) is 5.10 Å². The van der Waals surface area contributed by atoms with Gasteiger partial charge in [-0.3, -0.25) is 4.68 Å². The zero-order chi connectivity index (χ0) is 9.26. The van der Waals surface area contributed by atoms with Crippen LogP contribution in [-0.2, 0) is 11.8 Å². The molecule has 1 aromatic heterocycles. The molecule has 0 spiro atoms. The number of anilines is 1. The molecule has 0 fully saturated rings. The van der Waals surface area contributed by atoms with Crippen LogP contribution in [-0.4, -0.2) is 16.4 Å². The Hall–Kier alpha value is -1.45. The number of nitrogen functional groups attached to an aromatic ring is 1. The second-order valence-corrected chi connectivity index (χ2v) is 3.20. The monoisotopic (exact) mass is 179 g/mol. The van der Waals surface area contributed by atoms with Crippen LogP contribution in [0.5, 0.6) is 0 Å². The molecule has 0 aliphatic carbocycles. The molecule has 1 aliphatic rings. The zero-order valence-corrected chi connectivity index (χ0v) is 7.66. The molecule has 2 rings (SSSR count). The maximum absolute atomic E-state index is 5.68. The van der Waals surface area contributed by atoms with Crippen LogP contribution in [0.1, 0.15) is 18.5 Å². The Labute approximate surface area is 77.0 Å². The molecule has 4 nitrogen and oxygen atoms in total. The van der Waals surface area contributed by atoms with Crippen LogP contribution < -0.4 is 5.73 Å². The van der Waals surface area contributed by atoms with Crippen LogP contribution in [0.2, 0.25) is 0 Å². The van der Waals surface area contributed by atoms with Crippen LogP contribution in [0, 0.1) is 0 Å². The number of hydrogen-bond donors (Lipinski definition) is 1. The summed E-state index contributed by atoms with van der Waals surface area (Å²) in [6.07, 6.45) is 3.87. The minimum atomic E-state index is 0.682. The summed E-state index contributed by atoms with van der Waals surface area (Å²) in [4.78, 5) is 0. The Morgan fingerprint density at radius 1 is 1.62 bits per heavy atom. The van der Waals surface area contributed by atoms with Gasteiger partial charge in [-0.15, -0.1) is 0 Å². The minimum Gasteiger partial charge on any atom is -0.501 e. The van der Waals surface area contributed by atoms with E-state index in [1.54, 1.807) is 10.9 Å². The third-order valence-corrected chi connectivity index (χ3v) is 2.18. The van der Waals surface area contributed by atoms with Crippen molar-refractivity contribution in [2.75, 3.05) is 12.3 Å². The van der Waals surface area contributed by atoms with Gasteiger partial charge in [-0.1, -0.05) is 0 Å². The lowest BCUT2D eigenvalue weighted by molar-refractivity contribution is 0.235. The normalized spacial score (nSPS) is 16.5. The first-order valence-corrected chi connectivity index (χ1v) is 4.38. The van der Waals surface area contributed by atoms with E-state index in [1.165, 1.54) is 0 Å². The average molecular weight is 179 g/mol. The summed E-state index contributed by atoms with van der Waals surface area (Å²) in [5, 5.41) is 4.28. The van der Waals surface area contributed by atoms with E-state index in [9.17, 15) is 0 Å². The molecule has 2 N–H and O–H groups in total. The van der Waals surface area contributed by atoms with Gasteiger partial charge in [0.2, 0.25) is 0 Å². The lowest BCUT2D eigenvalue weighted by atomic mass is 10.1. The van der Waals surface area contributed by atoms with Crippen molar-refractivity contribution >= 4 is 11.4 Å². The molecule has 70 valence electrons. The number of aryl methyl sites for hydroxylation is 1. The van der Waals surface area contributed by atoms with E-state index in [4.69, 9.17) is 10.5 Å². The Bertz CT molecular complexity index is 321.